The minimum absolute atomic E-state index is 0.0728. The Morgan fingerprint density at radius 2 is 2.00 bits per heavy atom. The summed E-state index contributed by atoms with van der Waals surface area (Å²) in [7, 11) is 1.62. The summed E-state index contributed by atoms with van der Waals surface area (Å²) < 4.78 is 10.6. The highest BCUT2D eigenvalue weighted by molar-refractivity contribution is 5.91. The lowest BCUT2D eigenvalue weighted by atomic mass is 9.90. The molecule has 3 heterocycles. The van der Waals surface area contributed by atoms with Gasteiger partial charge in [-0.15, -0.1) is 0 Å². The summed E-state index contributed by atoms with van der Waals surface area (Å²) in [5.74, 6) is 1.01. The summed E-state index contributed by atoms with van der Waals surface area (Å²) >= 11 is 0. The topological polar surface area (TPSA) is 99.9 Å². The predicted octanol–water partition coefficient (Wildman–Crippen LogP) is -0.166. The van der Waals surface area contributed by atoms with Crippen LogP contribution in [0.1, 0.15) is 18.6 Å². The highest BCUT2D eigenvalue weighted by Crippen LogP contribution is 2.25. The van der Waals surface area contributed by atoms with Crippen LogP contribution in [0.25, 0.3) is 0 Å². The number of hydrogen-bond acceptors (Lipinski definition) is 7. The summed E-state index contributed by atoms with van der Waals surface area (Å²) in [6.07, 6.45) is 1.39. The lowest BCUT2D eigenvalue weighted by Gasteiger charge is -2.42. The van der Waals surface area contributed by atoms with Crippen LogP contribution >= 0.6 is 0 Å². The number of piperidine rings is 1. The van der Waals surface area contributed by atoms with E-state index >= 15 is 0 Å². The van der Waals surface area contributed by atoms with Crippen molar-refractivity contribution in [2.45, 2.75) is 25.4 Å². The van der Waals surface area contributed by atoms with Gasteiger partial charge in [-0.25, -0.2) is 0 Å². The Hall–Kier alpha value is -1.97. The molecule has 144 valence electrons. The standard InChI is InChI=1S/C17H27N5O4/c1-13-11-14(20-26-13)19-15(23)12-21-7-9-22(10-8-21)16(24)17(25-2)3-5-18-6-4-17/h11,18H,3-10,12H2,1-2H3,(H,19,20,23). The molecule has 0 radical (unpaired) electrons. The van der Waals surface area contributed by atoms with Gasteiger partial charge in [-0.1, -0.05) is 5.16 Å². The van der Waals surface area contributed by atoms with E-state index in [0.29, 0.717) is 50.6 Å². The third-order valence-electron chi connectivity index (χ3n) is 5.11. The van der Waals surface area contributed by atoms with Crippen molar-refractivity contribution in [2.24, 2.45) is 0 Å². The van der Waals surface area contributed by atoms with Crippen molar-refractivity contribution in [3.8, 4) is 0 Å². The Morgan fingerprint density at radius 1 is 1.31 bits per heavy atom. The minimum Gasteiger partial charge on any atom is -0.368 e. The number of carbonyl (C=O) groups is 2. The van der Waals surface area contributed by atoms with Crippen LogP contribution in [0.3, 0.4) is 0 Å². The summed E-state index contributed by atoms with van der Waals surface area (Å²) in [6, 6.07) is 1.68. The molecule has 2 amide bonds. The van der Waals surface area contributed by atoms with Crippen LogP contribution in [0.15, 0.2) is 10.6 Å². The number of piperazine rings is 1. The molecule has 2 aliphatic rings. The molecule has 1 aromatic rings. The first-order chi connectivity index (χ1) is 12.5. The van der Waals surface area contributed by atoms with Crippen molar-refractivity contribution in [1.82, 2.24) is 20.3 Å². The Bertz CT molecular complexity index is 633. The highest BCUT2D eigenvalue weighted by Gasteiger charge is 2.43. The van der Waals surface area contributed by atoms with Gasteiger partial charge in [0.25, 0.3) is 5.91 Å². The van der Waals surface area contributed by atoms with Gasteiger partial charge in [0.05, 0.1) is 6.54 Å². The van der Waals surface area contributed by atoms with Crippen molar-refractivity contribution in [3.05, 3.63) is 11.8 Å². The third-order valence-corrected chi connectivity index (χ3v) is 5.11. The van der Waals surface area contributed by atoms with Crippen molar-refractivity contribution in [2.75, 3.05) is 58.2 Å². The molecule has 2 N–H and O–H groups in total. The zero-order chi connectivity index (χ0) is 18.6. The van der Waals surface area contributed by atoms with Gasteiger partial charge >= 0.3 is 0 Å². The Kier molecular flexibility index (Phi) is 5.90. The first kappa shape index (κ1) is 18.8. The number of nitrogens with zero attached hydrogens (tertiary/aromatic N) is 3. The molecule has 9 nitrogen and oxygen atoms in total. The second kappa shape index (κ2) is 8.15. The molecule has 26 heavy (non-hydrogen) atoms. The molecule has 0 atom stereocenters. The smallest absolute Gasteiger partial charge is 0.254 e. The van der Waals surface area contributed by atoms with Crippen LogP contribution in [0.4, 0.5) is 5.82 Å². The summed E-state index contributed by atoms with van der Waals surface area (Å²) in [6.45, 7) is 6.16. The molecule has 9 heteroatoms. The fraction of sp³-hybridized carbons (Fsp3) is 0.706. The maximum atomic E-state index is 12.9. The number of aryl methyl sites for hydroxylation is 1. The van der Waals surface area contributed by atoms with Crippen LogP contribution in [-0.2, 0) is 14.3 Å². The molecule has 2 aliphatic heterocycles. The zero-order valence-electron chi connectivity index (χ0n) is 15.4. The third kappa shape index (κ3) is 4.22. The van der Waals surface area contributed by atoms with Gasteiger partial charge in [0, 0.05) is 39.4 Å². The van der Waals surface area contributed by atoms with E-state index in [2.05, 4.69) is 15.8 Å². The normalized spacial score (nSPS) is 20.8. The fourth-order valence-corrected chi connectivity index (χ4v) is 3.54. The van der Waals surface area contributed by atoms with E-state index in [4.69, 9.17) is 9.26 Å². The van der Waals surface area contributed by atoms with E-state index in [1.54, 1.807) is 20.1 Å². The average molecular weight is 365 g/mol. The molecule has 0 bridgehead atoms. The molecule has 0 aromatic carbocycles. The van der Waals surface area contributed by atoms with Crippen molar-refractivity contribution in [1.29, 1.82) is 0 Å². The number of nitrogens with one attached hydrogen (secondary N) is 2. The lowest BCUT2D eigenvalue weighted by molar-refractivity contribution is -0.160. The van der Waals surface area contributed by atoms with E-state index in [-0.39, 0.29) is 18.4 Å². The molecule has 3 rings (SSSR count). The van der Waals surface area contributed by atoms with Gasteiger partial charge in [0.15, 0.2) is 5.82 Å². The van der Waals surface area contributed by atoms with E-state index in [1.165, 1.54) is 0 Å². The summed E-state index contributed by atoms with van der Waals surface area (Å²) in [4.78, 5) is 28.9. The van der Waals surface area contributed by atoms with Crippen molar-refractivity contribution >= 4 is 17.6 Å². The van der Waals surface area contributed by atoms with E-state index < -0.39 is 5.60 Å². The molecule has 2 fully saturated rings. The van der Waals surface area contributed by atoms with E-state index in [1.807, 2.05) is 9.80 Å². The number of carbonyl (C=O) groups excluding carboxylic acids is 2. The monoisotopic (exact) mass is 365 g/mol. The zero-order valence-corrected chi connectivity index (χ0v) is 15.4. The lowest BCUT2D eigenvalue weighted by Crippen LogP contribution is -2.59. The fourth-order valence-electron chi connectivity index (χ4n) is 3.54. The molecule has 0 spiro atoms. The quantitative estimate of drug-likeness (QED) is 0.747. The number of aromatic nitrogens is 1. The molecular weight excluding hydrogens is 338 g/mol. The van der Waals surface area contributed by atoms with E-state index in [9.17, 15) is 9.59 Å². The number of hydrogen-bond donors (Lipinski definition) is 2. The molecule has 0 saturated carbocycles. The van der Waals surface area contributed by atoms with Crippen LogP contribution in [0.2, 0.25) is 0 Å². The van der Waals surface area contributed by atoms with Crippen LogP contribution < -0.4 is 10.6 Å². The van der Waals surface area contributed by atoms with Gasteiger partial charge < -0.3 is 24.8 Å². The van der Waals surface area contributed by atoms with Gasteiger partial charge in [0.1, 0.15) is 11.4 Å². The maximum Gasteiger partial charge on any atom is 0.254 e. The van der Waals surface area contributed by atoms with Crippen LogP contribution in [0, 0.1) is 6.92 Å². The Morgan fingerprint density at radius 3 is 2.58 bits per heavy atom. The number of anilines is 1. The van der Waals surface area contributed by atoms with Gasteiger partial charge in [-0.3, -0.25) is 14.5 Å². The Labute approximate surface area is 153 Å². The molecule has 0 aliphatic carbocycles. The van der Waals surface area contributed by atoms with Crippen molar-refractivity contribution < 1.29 is 18.8 Å². The van der Waals surface area contributed by atoms with Gasteiger partial charge in [0.2, 0.25) is 5.91 Å². The number of rotatable bonds is 5. The number of methoxy groups -OCH3 is 1. The van der Waals surface area contributed by atoms with E-state index in [0.717, 1.165) is 13.1 Å². The molecular formula is C17H27N5O4. The second-order valence-corrected chi connectivity index (χ2v) is 6.89. The van der Waals surface area contributed by atoms with Crippen molar-refractivity contribution in [3.63, 3.8) is 0 Å². The van der Waals surface area contributed by atoms with Crippen LogP contribution in [-0.4, -0.2) is 85.3 Å². The minimum atomic E-state index is -0.699. The largest absolute Gasteiger partial charge is 0.368 e. The predicted molar refractivity (Wildman–Crippen MR) is 94.7 cm³/mol. The van der Waals surface area contributed by atoms with Crippen LogP contribution in [0.5, 0.6) is 0 Å². The summed E-state index contributed by atoms with van der Waals surface area (Å²) in [5.41, 5.74) is -0.699. The first-order valence-corrected chi connectivity index (χ1v) is 9.03. The average Bonchev–Trinajstić information content (AvgIpc) is 3.06. The van der Waals surface area contributed by atoms with Gasteiger partial charge in [-0.2, -0.15) is 0 Å². The molecule has 2 saturated heterocycles. The highest BCUT2D eigenvalue weighted by atomic mass is 16.5. The number of amides is 2. The summed E-state index contributed by atoms with van der Waals surface area (Å²) in [5, 5.41) is 9.74. The Balaban J connectivity index is 1.47. The first-order valence-electron chi connectivity index (χ1n) is 9.03. The second-order valence-electron chi connectivity index (χ2n) is 6.89. The SMILES string of the molecule is COC1(C(=O)N2CCN(CC(=O)Nc3cc(C)on3)CC2)CCNCC1. The van der Waals surface area contributed by atoms with Gasteiger partial charge in [-0.05, 0) is 32.9 Å². The molecule has 0 unspecified atom stereocenters. The molecule has 1 aromatic heterocycles. The maximum absolute atomic E-state index is 12.9. The number of ether oxygens (including phenoxy) is 1.